The van der Waals surface area contributed by atoms with E-state index in [0.29, 0.717) is 17.4 Å². The quantitative estimate of drug-likeness (QED) is 0.895. The molecule has 0 radical (unpaired) electrons. The Hall–Kier alpha value is -0.910. The number of benzene rings is 1. The summed E-state index contributed by atoms with van der Waals surface area (Å²) in [4.78, 5) is 0.368. The van der Waals surface area contributed by atoms with Gasteiger partial charge in [-0.2, -0.15) is 0 Å². The molecule has 4 nitrogen and oxygen atoms in total. The zero-order valence-electron chi connectivity index (χ0n) is 12.2. The molecule has 0 aliphatic heterocycles. The van der Waals surface area contributed by atoms with Crippen LogP contribution in [0.1, 0.15) is 43.7 Å². The van der Waals surface area contributed by atoms with Gasteiger partial charge in [0.25, 0.3) is 0 Å². The van der Waals surface area contributed by atoms with Crippen molar-refractivity contribution in [1.82, 2.24) is 4.72 Å². The highest BCUT2D eigenvalue weighted by Crippen LogP contribution is 2.26. The second-order valence-electron chi connectivity index (χ2n) is 5.79. The molecule has 1 aromatic rings. The second kappa shape index (κ2) is 6.24. The Balaban J connectivity index is 2.21. The molecule has 2 unspecified atom stereocenters. The van der Waals surface area contributed by atoms with Gasteiger partial charge in [-0.25, -0.2) is 13.1 Å². The summed E-state index contributed by atoms with van der Waals surface area (Å²) in [6.45, 7) is 4.36. The average molecular weight is 296 g/mol. The maximum Gasteiger partial charge on any atom is 0.241 e. The molecule has 5 heteroatoms. The Morgan fingerprint density at radius 1 is 1.30 bits per heavy atom. The first-order chi connectivity index (χ1) is 9.44. The van der Waals surface area contributed by atoms with Crippen LogP contribution in [-0.4, -0.2) is 14.5 Å². The van der Waals surface area contributed by atoms with Gasteiger partial charge in [-0.1, -0.05) is 31.9 Å². The number of nitrogens with two attached hydrogens (primary N) is 1. The molecule has 0 heterocycles. The van der Waals surface area contributed by atoms with E-state index < -0.39 is 10.0 Å². The van der Waals surface area contributed by atoms with Crippen molar-refractivity contribution in [2.75, 3.05) is 0 Å². The van der Waals surface area contributed by atoms with E-state index in [1.54, 1.807) is 12.1 Å². The lowest BCUT2D eigenvalue weighted by molar-refractivity contribution is 0.310. The summed E-state index contributed by atoms with van der Waals surface area (Å²) in [5.41, 5.74) is 7.29. The van der Waals surface area contributed by atoms with Gasteiger partial charge < -0.3 is 5.73 Å². The zero-order chi connectivity index (χ0) is 14.8. The maximum atomic E-state index is 12.5. The summed E-state index contributed by atoms with van der Waals surface area (Å²) >= 11 is 0. The molecule has 2 rings (SSSR count). The molecule has 1 saturated carbocycles. The highest BCUT2D eigenvalue weighted by atomic mass is 32.2. The van der Waals surface area contributed by atoms with Crippen LogP contribution >= 0.6 is 0 Å². The van der Waals surface area contributed by atoms with Crippen LogP contribution in [0.2, 0.25) is 0 Å². The Kier molecular flexibility index (Phi) is 4.83. The summed E-state index contributed by atoms with van der Waals surface area (Å²) in [7, 11) is -3.44. The molecule has 3 N–H and O–H groups in total. The molecule has 1 aliphatic rings. The first-order valence-corrected chi connectivity index (χ1v) is 8.74. The predicted molar refractivity (Wildman–Crippen MR) is 80.8 cm³/mol. The lowest BCUT2D eigenvalue weighted by atomic mass is 9.87. The van der Waals surface area contributed by atoms with Gasteiger partial charge in [0, 0.05) is 12.6 Å². The third-order valence-electron chi connectivity index (χ3n) is 4.18. The monoisotopic (exact) mass is 296 g/mol. The van der Waals surface area contributed by atoms with Gasteiger partial charge in [0.05, 0.1) is 4.90 Å². The molecule has 2 atom stereocenters. The van der Waals surface area contributed by atoms with Crippen molar-refractivity contribution >= 4 is 10.0 Å². The van der Waals surface area contributed by atoms with Crippen LogP contribution in [0.4, 0.5) is 0 Å². The molecule has 0 bridgehead atoms. The molecule has 0 aromatic heterocycles. The van der Waals surface area contributed by atoms with Crippen molar-refractivity contribution in [3.8, 4) is 0 Å². The van der Waals surface area contributed by atoms with Gasteiger partial charge in [0.15, 0.2) is 0 Å². The number of sulfonamides is 1. The number of hydrogen-bond donors (Lipinski definition) is 2. The lowest BCUT2D eigenvalue weighted by Crippen LogP contribution is -2.41. The zero-order valence-corrected chi connectivity index (χ0v) is 13.0. The summed E-state index contributed by atoms with van der Waals surface area (Å²) < 4.78 is 27.9. The van der Waals surface area contributed by atoms with Gasteiger partial charge in [0.2, 0.25) is 10.0 Å². The van der Waals surface area contributed by atoms with Crippen LogP contribution in [-0.2, 0) is 16.6 Å². The van der Waals surface area contributed by atoms with Crippen molar-refractivity contribution in [3.63, 3.8) is 0 Å². The third-order valence-corrected chi connectivity index (χ3v) is 5.83. The molecule has 0 amide bonds. The minimum absolute atomic E-state index is 0.0577. The highest BCUT2D eigenvalue weighted by molar-refractivity contribution is 7.89. The van der Waals surface area contributed by atoms with Crippen LogP contribution in [0.25, 0.3) is 0 Å². The summed E-state index contributed by atoms with van der Waals surface area (Å²) in [5.74, 6) is 0.405. The van der Waals surface area contributed by atoms with Crippen molar-refractivity contribution in [3.05, 3.63) is 29.3 Å². The van der Waals surface area contributed by atoms with Crippen molar-refractivity contribution in [2.24, 2.45) is 11.7 Å². The van der Waals surface area contributed by atoms with Crippen molar-refractivity contribution < 1.29 is 8.42 Å². The standard InChI is InChI=1S/C15H24N2O2S/c1-11-5-3-4-6-14(11)17-20(18,19)15-8-7-13(10-16)9-12(15)2/h7-9,11,14,17H,3-6,10,16H2,1-2H3. The van der Waals surface area contributed by atoms with Crippen LogP contribution < -0.4 is 10.5 Å². The fourth-order valence-electron chi connectivity index (χ4n) is 2.89. The summed E-state index contributed by atoms with van der Waals surface area (Å²) in [6, 6.07) is 5.35. The van der Waals surface area contributed by atoms with Crippen LogP contribution in [0.5, 0.6) is 0 Å². The van der Waals surface area contributed by atoms with Crippen LogP contribution in [0.3, 0.4) is 0 Å². The second-order valence-corrected chi connectivity index (χ2v) is 7.48. The van der Waals surface area contributed by atoms with E-state index in [4.69, 9.17) is 5.73 Å². The normalized spacial score (nSPS) is 23.8. The summed E-state index contributed by atoms with van der Waals surface area (Å²) in [5, 5.41) is 0. The van der Waals surface area contributed by atoms with Gasteiger partial charge in [-0.15, -0.1) is 0 Å². The Morgan fingerprint density at radius 3 is 2.60 bits per heavy atom. The fourth-order valence-corrected chi connectivity index (χ4v) is 4.50. The topological polar surface area (TPSA) is 72.2 Å². The van der Waals surface area contributed by atoms with Crippen LogP contribution in [0.15, 0.2) is 23.1 Å². The smallest absolute Gasteiger partial charge is 0.241 e. The average Bonchev–Trinajstić information content (AvgIpc) is 2.40. The first kappa shape index (κ1) is 15.5. The number of rotatable bonds is 4. The highest BCUT2D eigenvalue weighted by Gasteiger charge is 2.27. The van der Waals surface area contributed by atoms with Crippen LogP contribution in [0, 0.1) is 12.8 Å². The lowest BCUT2D eigenvalue weighted by Gasteiger charge is -2.29. The molecule has 1 aliphatic carbocycles. The molecular weight excluding hydrogens is 272 g/mol. The molecule has 0 saturated heterocycles. The minimum atomic E-state index is -3.44. The Morgan fingerprint density at radius 2 is 2.00 bits per heavy atom. The van der Waals surface area contributed by atoms with Crippen molar-refractivity contribution in [1.29, 1.82) is 0 Å². The van der Waals surface area contributed by atoms with Gasteiger partial charge in [-0.05, 0) is 42.9 Å². The Bertz CT molecular complexity index is 569. The molecule has 112 valence electrons. The van der Waals surface area contributed by atoms with Gasteiger partial charge in [-0.3, -0.25) is 0 Å². The van der Waals surface area contributed by atoms with E-state index >= 15 is 0 Å². The number of nitrogens with one attached hydrogen (secondary N) is 1. The molecule has 1 aromatic carbocycles. The van der Waals surface area contributed by atoms with E-state index in [-0.39, 0.29) is 6.04 Å². The fraction of sp³-hybridized carbons (Fsp3) is 0.600. The van der Waals surface area contributed by atoms with E-state index in [1.165, 1.54) is 6.42 Å². The van der Waals surface area contributed by atoms with Gasteiger partial charge in [0.1, 0.15) is 0 Å². The van der Waals surface area contributed by atoms with E-state index in [9.17, 15) is 8.42 Å². The number of aryl methyl sites for hydroxylation is 1. The molecule has 0 spiro atoms. The molecule has 1 fully saturated rings. The largest absolute Gasteiger partial charge is 0.326 e. The number of hydrogen-bond acceptors (Lipinski definition) is 3. The minimum Gasteiger partial charge on any atom is -0.326 e. The third kappa shape index (κ3) is 3.40. The van der Waals surface area contributed by atoms with E-state index in [1.807, 2.05) is 13.0 Å². The Labute approximate surface area is 121 Å². The van der Waals surface area contributed by atoms with Gasteiger partial charge >= 0.3 is 0 Å². The molecule has 20 heavy (non-hydrogen) atoms. The van der Waals surface area contributed by atoms with Crippen molar-refractivity contribution in [2.45, 2.75) is 57.0 Å². The van der Waals surface area contributed by atoms with E-state index in [0.717, 1.165) is 30.4 Å². The summed E-state index contributed by atoms with van der Waals surface area (Å²) in [6.07, 6.45) is 4.32. The first-order valence-electron chi connectivity index (χ1n) is 7.26. The maximum absolute atomic E-state index is 12.5. The molecular formula is C15H24N2O2S. The van der Waals surface area contributed by atoms with E-state index in [2.05, 4.69) is 11.6 Å². The SMILES string of the molecule is Cc1cc(CN)ccc1S(=O)(=O)NC1CCCCC1C. The predicted octanol–water partition coefficient (Wildman–Crippen LogP) is 2.31.